The van der Waals surface area contributed by atoms with Crippen LogP contribution in [0.15, 0.2) is 47.6 Å². The molecule has 0 spiro atoms. The van der Waals surface area contributed by atoms with Crippen LogP contribution >= 0.6 is 0 Å². The molecule has 0 unspecified atom stereocenters. The number of carbonyl (C=O) groups excluding carboxylic acids is 2. The molecular formula is C27H37N3O5. The molecular weight excluding hydrogens is 446 g/mol. The Morgan fingerprint density at radius 2 is 1.71 bits per heavy atom. The zero-order valence-corrected chi connectivity index (χ0v) is 21.5. The van der Waals surface area contributed by atoms with Crippen LogP contribution in [0.4, 0.5) is 0 Å². The summed E-state index contributed by atoms with van der Waals surface area (Å²) in [6.07, 6.45) is 1.98. The van der Waals surface area contributed by atoms with E-state index < -0.39 is 11.9 Å². The molecule has 0 aliphatic heterocycles. The van der Waals surface area contributed by atoms with Crippen molar-refractivity contribution in [3.63, 3.8) is 0 Å². The SMILES string of the molecule is COc1cc(/C=N\NC(=O)[C@H](CC(C)C)NC(=O)COc2ccccc2C)ccc1OCC(C)C. The van der Waals surface area contributed by atoms with E-state index in [4.69, 9.17) is 14.2 Å². The highest BCUT2D eigenvalue weighted by Crippen LogP contribution is 2.28. The van der Waals surface area contributed by atoms with E-state index in [0.29, 0.717) is 36.2 Å². The van der Waals surface area contributed by atoms with Gasteiger partial charge < -0.3 is 19.5 Å². The summed E-state index contributed by atoms with van der Waals surface area (Å²) in [5.41, 5.74) is 4.18. The summed E-state index contributed by atoms with van der Waals surface area (Å²) >= 11 is 0. The van der Waals surface area contributed by atoms with E-state index in [1.807, 2.05) is 45.0 Å². The van der Waals surface area contributed by atoms with E-state index >= 15 is 0 Å². The Kier molecular flexibility index (Phi) is 11.1. The van der Waals surface area contributed by atoms with Crippen molar-refractivity contribution in [1.29, 1.82) is 0 Å². The minimum absolute atomic E-state index is 0.180. The number of nitrogens with one attached hydrogen (secondary N) is 2. The predicted octanol–water partition coefficient (Wildman–Crippen LogP) is 4.10. The number of amides is 2. The second-order valence-corrected chi connectivity index (χ2v) is 9.15. The predicted molar refractivity (Wildman–Crippen MR) is 137 cm³/mol. The van der Waals surface area contributed by atoms with Gasteiger partial charge in [0.05, 0.1) is 19.9 Å². The van der Waals surface area contributed by atoms with E-state index in [2.05, 4.69) is 29.7 Å². The van der Waals surface area contributed by atoms with Gasteiger partial charge in [-0.3, -0.25) is 9.59 Å². The first kappa shape index (κ1) is 27.7. The Bertz CT molecular complexity index is 1000. The van der Waals surface area contributed by atoms with Crippen LogP contribution in [0.1, 0.15) is 45.2 Å². The fourth-order valence-electron chi connectivity index (χ4n) is 3.19. The molecule has 2 aromatic carbocycles. The Morgan fingerprint density at radius 3 is 2.37 bits per heavy atom. The summed E-state index contributed by atoms with van der Waals surface area (Å²) in [7, 11) is 1.57. The van der Waals surface area contributed by atoms with Crippen LogP contribution in [0.3, 0.4) is 0 Å². The molecule has 0 aliphatic carbocycles. The molecule has 0 saturated heterocycles. The average molecular weight is 484 g/mol. The third-order valence-corrected chi connectivity index (χ3v) is 4.96. The Balaban J connectivity index is 1.96. The molecule has 0 radical (unpaired) electrons. The van der Waals surface area contributed by atoms with Crippen LogP contribution in [0, 0.1) is 18.8 Å². The molecule has 2 N–H and O–H groups in total. The number of hydrogen-bond donors (Lipinski definition) is 2. The number of aryl methyl sites for hydroxylation is 1. The molecule has 0 heterocycles. The fourth-order valence-corrected chi connectivity index (χ4v) is 3.19. The van der Waals surface area contributed by atoms with Crippen LogP contribution in [0.25, 0.3) is 0 Å². The Morgan fingerprint density at radius 1 is 0.971 bits per heavy atom. The summed E-state index contributed by atoms with van der Waals surface area (Å²) in [5.74, 6) is 1.67. The molecule has 0 saturated carbocycles. The summed E-state index contributed by atoms with van der Waals surface area (Å²) in [4.78, 5) is 25.2. The zero-order valence-electron chi connectivity index (χ0n) is 21.5. The highest BCUT2D eigenvalue weighted by Gasteiger charge is 2.22. The number of rotatable bonds is 13. The molecule has 8 heteroatoms. The number of nitrogens with zero attached hydrogens (tertiary/aromatic N) is 1. The quantitative estimate of drug-likeness (QED) is 0.330. The molecule has 0 fully saturated rings. The zero-order chi connectivity index (χ0) is 25.8. The summed E-state index contributed by atoms with van der Waals surface area (Å²) in [6.45, 7) is 10.4. The highest BCUT2D eigenvalue weighted by molar-refractivity contribution is 5.89. The number of para-hydroxylation sites is 1. The summed E-state index contributed by atoms with van der Waals surface area (Å²) < 4.78 is 16.7. The maximum absolute atomic E-state index is 12.7. The van der Waals surface area contributed by atoms with Crippen molar-refractivity contribution in [3.05, 3.63) is 53.6 Å². The van der Waals surface area contributed by atoms with E-state index in [-0.39, 0.29) is 18.4 Å². The van der Waals surface area contributed by atoms with Crippen molar-refractivity contribution in [1.82, 2.24) is 10.7 Å². The normalized spacial score (nSPS) is 12.0. The van der Waals surface area contributed by atoms with Crippen molar-refractivity contribution in [2.75, 3.05) is 20.3 Å². The first-order chi connectivity index (χ1) is 16.7. The first-order valence-electron chi connectivity index (χ1n) is 11.8. The van der Waals surface area contributed by atoms with Crippen molar-refractivity contribution in [2.45, 2.75) is 47.1 Å². The molecule has 2 aromatic rings. The molecule has 35 heavy (non-hydrogen) atoms. The largest absolute Gasteiger partial charge is 0.493 e. The fraction of sp³-hybridized carbons (Fsp3) is 0.444. The topological polar surface area (TPSA) is 98.2 Å². The highest BCUT2D eigenvalue weighted by atomic mass is 16.5. The lowest BCUT2D eigenvalue weighted by atomic mass is 10.0. The summed E-state index contributed by atoms with van der Waals surface area (Å²) in [6, 6.07) is 12.1. The molecule has 190 valence electrons. The molecule has 1 atom stereocenters. The van der Waals surface area contributed by atoms with Gasteiger partial charge >= 0.3 is 0 Å². The second kappa shape index (κ2) is 14.0. The molecule has 0 bridgehead atoms. The van der Waals surface area contributed by atoms with Crippen LogP contribution in [0.2, 0.25) is 0 Å². The molecule has 0 aliphatic rings. The van der Waals surface area contributed by atoms with Gasteiger partial charge in [-0.25, -0.2) is 5.43 Å². The Labute approximate surface area is 208 Å². The number of hydrogen-bond acceptors (Lipinski definition) is 6. The lowest BCUT2D eigenvalue weighted by Crippen LogP contribution is -2.47. The van der Waals surface area contributed by atoms with Gasteiger partial charge in [0, 0.05) is 0 Å². The smallest absolute Gasteiger partial charge is 0.262 e. The van der Waals surface area contributed by atoms with Gasteiger partial charge in [-0.05, 0) is 60.6 Å². The minimum Gasteiger partial charge on any atom is -0.493 e. The van der Waals surface area contributed by atoms with Gasteiger partial charge in [0.2, 0.25) is 0 Å². The third kappa shape index (κ3) is 9.68. The third-order valence-electron chi connectivity index (χ3n) is 4.96. The molecule has 2 rings (SSSR count). The molecule has 0 aromatic heterocycles. The summed E-state index contributed by atoms with van der Waals surface area (Å²) in [5, 5.41) is 6.81. The van der Waals surface area contributed by atoms with Gasteiger partial charge in [-0.2, -0.15) is 5.10 Å². The second-order valence-electron chi connectivity index (χ2n) is 9.15. The lowest BCUT2D eigenvalue weighted by Gasteiger charge is -2.19. The van der Waals surface area contributed by atoms with Crippen molar-refractivity contribution in [3.8, 4) is 17.2 Å². The van der Waals surface area contributed by atoms with Crippen molar-refractivity contribution in [2.24, 2.45) is 16.9 Å². The van der Waals surface area contributed by atoms with Crippen LogP contribution in [-0.4, -0.2) is 44.4 Å². The van der Waals surface area contributed by atoms with Crippen LogP contribution < -0.4 is 25.0 Å². The number of hydrazone groups is 1. The number of benzene rings is 2. The molecule has 2 amide bonds. The first-order valence-corrected chi connectivity index (χ1v) is 11.8. The van der Waals surface area contributed by atoms with Gasteiger partial charge in [0.1, 0.15) is 11.8 Å². The lowest BCUT2D eigenvalue weighted by molar-refractivity contribution is -0.130. The van der Waals surface area contributed by atoms with Gasteiger partial charge in [0.15, 0.2) is 18.1 Å². The van der Waals surface area contributed by atoms with E-state index in [9.17, 15) is 9.59 Å². The average Bonchev–Trinajstić information content (AvgIpc) is 2.81. The van der Waals surface area contributed by atoms with Gasteiger partial charge in [-0.15, -0.1) is 0 Å². The van der Waals surface area contributed by atoms with Crippen molar-refractivity contribution < 1.29 is 23.8 Å². The maximum atomic E-state index is 12.7. The number of methoxy groups -OCH3 is 1. The maximum Gasteiger partial charge on any atom is 0.262 e. The van der Waals surface area contributed by atoms with E-state index in [0.717, 1.165) is 11.1 Å². The minimum atomic E-state index is -0.735. The molecule has 8 nitrogen and oxygen atoms in total. The van der Waals surface area contributed by atoms with E-state index in [1.54, 1.807) is 25.3 Å². The Hall–Kier alpha value is -3.55. The number of carbonyl (C=O) groups is 2. The van der Waals surface area contributed by atoms with Crippen LogP contribution in [-0.2, 0) is 9.59 Å². The monoisotopic (exact) mass is 483 g/mol. The van der Waals surface area contributed by atoms with Gasteiger partial charge in [0.25, 0.3) is 11.8 Å². The number of ether oxygens (including phenoxy) is 3. The standard InChI is InChI=1S/C27H37N3O5/c1-18(2)13-22(29-26(31)17-35-23-10-8-7-9-20(23)5)27(32)30-28-15-21-11-12-24(25(14-21)33-6)34-16-19(3)4/h7-12,14-15,18-19,22H,13,16-17H2,1-6H3,(H,29,31)(H,30,32)/b28-15-/t22-/m0/s1. The van der Waals surface area contributed by atoms with Gasteiger partial charge in [-0.1, -0.05) is 45.9 Å². The van der Waals surface area contributed by atoms with E-state index in [1.165, 1.54) is 6.21 Å². The van der Waals surface area contributed by atoms with Crippen LogP contribution in [0.5, 0.6) is 17.2 Å². The van der Waals surface area contributed by atoms with Crippen molar-refractivity contribution >= 4 is 18.0 Å².